The van der Waals surface area contributed by atoms with E-state index in [2.05, 4.69) is 20.4 Å². The van der Waals surface area contributed by atoms with Crippen molar-refractivity contribution in [2.75, 3.05) is 31.5 Å². The molecule has 0 radical (unpaired) electrons. The lowest BCUT2D eigenvalue weighted by Crippen LogP contribution is -2.52. The third-order valence-electron chi connectivity index (χ3n) is 10.3. The molecule has 5 saturated carbocycles. The van der Waals surface area contributed by atoms with E-state index in [4.69, 9.17) is 11.6 Å². The van der Waals surface area contributed by atoms with Gasteiger partial charge in [0.2, 0.25) is 0 Å². The summed E-state index contributed by atoms with van der Waals surface area (Å²) in [5.41, 5.74) is 2.39. The molecule has 8 rings (SSSR count). The summed E-state index contributed by atoms with van der Waals surface area (Å²) < 4.78 is 13.6. The molecular weight excluding hydrogens is 459 g/mol. The lowest BCUT2D eigenvalue weighted by molar-refractivity contribution is -0.0731. The lowest BCUT2D eigenvalue weighted by atomic mass is 9.49. The number of hydrogen-bond acceptors (Lipinski definition) is 4. The van der Waals surface area contributed by atoms with Gasteiger partial charge in [-0.05, 0) is 136 Å². The normalized spacial score (nSPS) is 34.9. The largest absolute Gasteiger partial charge is 0.368 e. The van der Waals surface area contributed by atoms with E-state index in [-0.39, 0.29) is 5.82 Å². The molecule has 1 saturated heterocycles. The van der Waals surface area contributed by atoms with Gasteiger partial charge in [0.05, 0.1) is 10.7 Å². The summed E-state index contributed by atoms with van der Waals surface area (Å²) in [6.45, 7) is 4.93. The van der Waals surface area contributed by atoms with Crippen molar-refractivity contribution in [3.63, 3.8) is 0 Å². The molecule has 6 heteroatoms. The number of nitrogens with zero attached hydrogens (tertiary/aromatic N) is 3. The first kappa shape index (κ1) is 22.5. The lowest BCUT2D eigenvalue weighted by Gasteiger charge is -2.58. The highest BCUT2D eigenvalue weighted by Gasteiger charge is 2.56. The van der Waals surface area contributed by atoms with Crippen molar-refractivity contribution in [1.82, 2.24) is 15.1 Å². The number of nitrogens with one attached hydrogen (secondary N) is 1. The number of aromatic nitrogens is 2. The third kappa shape index (κ3) is 4.27. The van der Waals surface area contributed by atoms with Crippen LogP contribution in [0.2, 0.25) is 5.02 Å². The number of likely N-dealkylation sites (tertiary alicyclic amines) is 1. The molecule has 1 atom stereocenters. The van der Waals surface area contributed by atoms with Crippen LogP contribution in [-0.2, 0) is 0 Å². The van der Waals surface area contributed by atoms with Gasteiger partial charge in [0.1, 0.15) is 11.6 Å². The Bertz CT molecular complexity index is 1060. The first-order valence-electron chi connectivity index (χ1n) is 13.7. The van der Waals surface area contributed by atoms with Crippen molar-refractivity contribution in [1.29, 1.82) is 0 Å². The average Bonchev–Trinajstić information content (AvgIpc) is 3.52. The van der Waals surface area contributed by atoms with Crippen molar-refractivity contribution in [3.05, 3.63) is 41.2 Å². The van der Waals surface area contributed by atoms with Gasteiger partial charge in [-0.15, -0.1) is 10.2 Å². The van der Waals surface area contributed by atoms with E-state index >= 15 is 0 Å². The van der Waals surface area contributed by atoms with E-state index in [1.807, 2.05) is 12.1 Å². The number of anilines is 1. The molecule has 6 aliphatic rings. The molecule has 2 heterocycles. The minimum atomic E-state index is -0.323. The maximum absolute atomic E-state index is 13.6. The van der Waals surface area contributed by atoms with Crippen LogP contribution in [0.3, 0.4) is 0 Å². The maximum atomic E-state index is 13.6. The molecule has 1 unspecified atom stereocenters. The van der Waals surface area contributed by atoms with Gasteiger partial charge < -0.3 is 10.2 Å². The molecule has 1 aromatic carbocycles. The second kappa shape index (κ2) is 8.41. The topological polar surface area (TPSA) is 41.0 Å². The standard InChI is InChI=1S/C29H36ClFN4/c30-25-2-1-23(31)12-24(25)26-3-4-27(34-33-26)32-17-22-16-29(22)5-7-35(8-6-29)18-28-13-19-9-20(14-28)11-21(10-19)15-28/h1-4,12,19-22H,5-11,13-18H2,(H,32,34). The minimum Gasteiger partial charge on any atom is -0.368 e. The number of rotatable bonds is 6. The maximum Gasteiger partial charge on any atom is 0.148 e. The summed E-state index contributed by atoms with van der Waals surface area (Å²) in [5, 5.41) is 12.6. The molecule has 1 N–H and O–H groups in total. The summed E-state index contributed by atoms with van der Waals surface area (Å²) in [5.74, 6) is 4.36. The Kier molecular flexibility index (Phi) is 5.40. The van der Waals surface area contributed by atoms with E-state index in [9.17, 15) is 4.39 Å². The molecule has 1 aliphatic heterocycles. The quantitative estimate of drug-likeness (QED) is 0.487. The summed E-state index contributed by atoms with van der Waals surface area (Å²) >= 11 is 6.21. The van der Waals surface area contributed by atoms with Gasteiger partial charge >= 0.3 is 0 Å². The van der Waals surface area contributed by atoms with E-state index in [1.54, 1.807) is 25.3 Å². The fourth-order valence-electron chi connectivity index (χ4n) is 8.94. The van der Waals surface area contributed by atoms with Gasteiger partial charge in [-0.2, -0.15) is 0 Å². The van der Waals surface area contributed by atoms with Gasteiger partial charge in [-0.1, -0.05) is 11.6 Å². The van der Waals surface area contributed by atoms with Crippen LogP contribution in [0.5, 0.6) is 0 Å². The molecule has 6 fully saturated rings. The predicted molar refractivity (Wildman–Crippen MR) is 138 cm³/mol. The second-order valence-electron chi connectivity index (χ2n) is 12.8. The van der Waals surface area contributed by atoms with Crippen molar-refractivity contribution in [2.24, 2.45) is 34.5 Å². The Labute approximate surface area is 213 Å². The number of hydrogen-bond donors (Lipinski definition) is 1. The first-order valence-corrected chi connectivity index (χ1v) is 14.1. The highest BCUT2D eigenvalue weighted by atomic mass is 35.5. The predicted octanol–water partition coefficient (Wildman–Crippen LogP) is 6.67. The molecule has 4 bridgehead atoms. The van der Waals surface area contributed by atoms with Crippen LogP contribution in [-0.4, -0.2) is 41.3 Å². The molecule has 35 heavy (non-hydrogen) atoms. The molecule has 4 nitrogen and oxygen atoms in total. The van der Waals surface area contributed by atoms with E-state index in [0.717, 1.165) is 36.0 Å². The van der Waals surface area contributed by atoms with Crippen LogP contribution in [0, 0.1) is 40.3 Å². The zero-order valence-electron chi connectivity index (χ0n) is 20.5. The van der Waals surface area contributed by atoms with E-state index in [0.29, 0.717) is 27.1 Å². The Morgan fingerprint density at radius 3 is 2.31 bits per heavy atom. The summed E-state index contributed by atoms with van der Waals surface area (Å²) in [7, 11) is 0. The highest BCUT2D eigenvalue weighted by Crippen LogP contribution is 2.62. The van der Waals surface area contributed by atoms with Gasteiger partial charge in [-0.3, -0.25) is 0 Å². The van der Waals surface area contributed by atoms with Gasteiger partial charge in [0.15, 0.2) is 0 Å². The average molecular weight is 495 g/mol. The van der Waals surface area contributed by atoms with Crippen molar-refractivity contribution in [2.45, 2.75) is 57.8 Å². The second-order valence-corrected chi connectivity index (χ2v) is 13.2. The monoisotopic (exact) mass is 494 g/mol. The smallest absolute Gasteiger partial charge is 0.148 e. The van der Waals surface area contributed by atoms with Crippen LogP contribution in [0.25, 0.3) is 11.3 Å². The summed E-state index contributed by atoms with van der Waals surface area (Å²) in [6, 6.07) is 8.10. The Balaban J connectivity index is 0.907. The first-order chi connectivity index (χ1) is 17.0. The van der Waals surface area contributed by atoms with Crippen LogP contribution in [0.1, 0.15) is 57.8 Å². The van der Waals surface area contributed by atoms with Gasteiger partial charge in [0, 0.05) is 18.7 Å². The van der Waals surface area contributed by atoms with Crippen LogP contribution < -0.4 is 5.32 Å². The van der Waals surface area contributed by atoms with E-state index < -0.39 is 0 Å². The number of piperidine rings is 1. The molecule has 1 aromatic heterocycles. The van der Waals surface area contributed by atoms with Crippen LogP contribution in [0.15, 0.2) is 30.3 Å². The summed E-state index contributed by atoms with van der Waals surface area (Å²) in [4.78, 5) is 2.84. The molecular formula is C29H36ClFN4. The van der Waals surface area contributed by atoms with Crippen LogP contribution in [0.4, 0.5) is 10.2 Å². The molecule has 1 spiro atoms. The van der Waals surface area contributed by atoms with Crippen molar-refractivity contribution < 1.29 is 4.39 Å². The SMILES string of the molecule is Fc1ccc(Cl)c(-c2ccc(NCC3CC34CCN(CC35CC6CC(CC(C6)C3)C5)CC4)nn2)c1. The Morgan fingerprint density at radius 1 is 0.943 bits per heavy atom. The summed E-state index contributed by atoms with van der Waals surface area (Å²) in [6.07, 6.45) is 13.3. The highest BCUT2D eigenvalue weighted by molar-refractivity contribution is 6.33. The van der Waals surface area contributed by atoms with Crippen LogP contribution >= 0.6 is 11.6 Å². The fraction of sp³-hybridized carbons (Fsp3) is 0.655. The zero-order chi connectivity index (χ0) is 23.6. The third-order valence-corrected chi connectivity index (χ3v) is 10.7. The molecule has 186 valence electrons. The fourth-order valence-corrected chi connectivity index (χ4v) is 9.15. The van der Waals surface area contributed by atoms with Crippen molar-refractivity contribution >= 4 is 17.4 Å². The van der Waals surface area contributed by atoms with Crippen molar-refractivity contribution in [3.8, 4) is 11.3 Å². The molecule has 0 amide bonds. The van der Waals surface area contributed by atoms with E-state index in [1.165, 1.54) is 70.3 Å². The number of benzene rings is 1. The Morgan fingerprint density at radius 2 is 1.66 bits per heavy atom. The minimum absolute atomic E-state index is 0.323. The molecule has 2 aromatic rings. The van der Waals surface area contributed by atoms with Gasteiger partial charge in [-0.25, -0.2) is 4.39 Å². The van der Waals surface area contributed by atoms with Gasteiger partial charge in [0.25, 0.3) is 0 Å². The number of halogens is 2. The molecule has 5 aliphatic carbocycles. The Hall–Kier alpha value is -1.72. The zero-order valence-corrected chi connectivity index (χ0v) is 21.2.